The molecule has 1 unspecified atom stereocenters. The summed E-state index contributed by atoms with van der Waals surface area (Å²) in [5.41, 5.74) is 0.948. The summed E-state index contributed by atoms with van der Waals surface area (Å²) in [6, 6.07) is 7.65. The number of para-hydroxylation sites is 1. The van der Waals surface area contributed by atoms with Gasteiger partial charge >= 0.3 is 0 Å². The summed E-state index contributed by atoms with van der Waals surface area (Å²) < 4.78 is 0. The highest BCUT2D eigenvalue weighted by Gasteiger charge is 2.41. The van der Waals surface area contributed by atoms with E-state index in [0.717, 1.165) is 36.8 Å². The van der Waals surface area contributed by atoms with E-state index in [2.05, 4.69) is 29.4 Å². The van der Waals surface area contributed by atoms with E-state index < -0.39 is 0 Å². The molecule has 28 heavy (non-hydrogen) atoms. The van der Waals surface area contributed by atoms with Crippen LogP contribution < -0.4 is 5.32 Å². The zero-order chi connectivity index (χ0) is 19.7. The normalized spacial score (nSPS) is 21.1. The largest absolute Gasteiger partial charge is 0.339 e. The number of aromatic amines is 1. The first kappa shape index (κ1) is 18.9. The van der Waals surface area contributed by atoms with Gasteiger partial charge in [-0.2, -0.15) is 5.10 Å². The molecule has 150 valence electrons. The molecule has 0 saturated carbocycles. The third-order valence-corrected chi connectivity index (χ3v) is 6.40. The van der Waals surface area contributed by atoms with Gasteiger partial charge in [0.1, 0.15) is 0 Å². The fourth-order valence-electron chi connectivity index (χ4n) is 4.44. The monoisotopic (exact) mass is 383 g/mol. The number of amides is 2. The van der Waals surface area contributed by atoms with Crippen LogP contribution in [0.5, 0.6) is 0 Å². The van der Waals surface area contributed by atoms with Crippen LogP contribution in [0.15, 0.2) is 24.3 Å². The van der Waals surface area contributed by atoms with Crippen LogP contribution in [-0.2, 0) is 4.79 Å². The van der Waals surface area contributed by atoms with Gasteiger partial charge in [0.2, 0.25) is 5.91 Å². The quantitative estimate of drug-likeness (QED) is 0.848. The molecule has 2 aliphatic rings. The van der Waals surface area contributed by atoms with Crippen LogP contribution in [0.4, 0.5) is 0 Å². The van der Waals surface area contributed by atoms with Crippen molar-refractivity contribution in [2.24, 2.45) is 11.3 Å². The van der Waals surface area contributed by atoms with Gasteiger partial charge in [0.05, 0.1) is 5.52 Å². The molecule has 7 nitrogen and oxygen atoms in total. The molecule has 1 aromatic heterocycles. The fourth-order valence-corrected chi connectivity index (χ4v) is 4.44. The summed E-state index contributed by atoms with van der Waals surface area (Å²) in [6.45, 7) is 8.34. The van der Waals surface area contributed by atoms with Crippen molar-refractivity contribution in [3.8, 4) is 0 Å². The SMILES string of the molecule is CC(C)(C(=O)N1CCN(C(=O)c2n[nH]c3ccccc23)CC1)C1CCCNC1. The fraction of sp³-hybridized carbons (Fsp3) is 0.571. The Balaban J connectivity index is 1.40. The molecule has 2 N–H and O–H groups in total. The van der Waals surface area contributed by atoms with Gasteiger partial charge in [-0.3, -0.25) is 14.7 Å². The Kier molecular flexibility index (Phi) is 5.10. The molecule has 2 fully saturated rings. The first-order valence-corrected chi connectivity index (χ1v) is 10.2. The number of rotatable bonds is 3. The number of benzene rings is 1. The molecule has 1 atom stereocenters. The molecule has 2 amide bonds. The van der Waals surface area contributed by atoms with Gasteiger partial charge in [-0.15, -0.1) is 0 Å². The van der Waals surface area contributed by atoms with Crippen LogP contribution in [0.2, 0.25) is 0 Å². The Hall–Kier alpha value is -2.41. The number of aromatic nitrogens is 2. The van der Waals surface area contributed by atoms with Crippen molar-refractivity contribution in [3.63, 3.8) is 0 Å². The average Bonchev–Trinajstić information content (AvgIpc) is 3.17. The minimum Gasteiger partial charge on any atom is -0.339 e. The van der Waals surface area contributed by atoms with Crippen molar-refractivity contribution in [3.05, 3.63) is 30.0 Å². The third-order valence-electron chi connectivity index (χ3n) is 6.40. The minimum absolute atomic E-state index is 0.0692. The topological polar surface area (TPSA) is 81.3 Å². The van der Waals surface area contributed by atoms with Crippen LogP contribution in [0.1, 0.15) is 37.2 Å². The Morgan fingerprint density at radius 3 is 2.54 bits per heavy atom. The van der Waals surface area contributed by atoms with E-state index in [9.17, 15) is 9.59 Å². The number of nitrogens with one attached hydrogen (secondary N) is 2. The molecule has 2 saturated heterocycles. The number of nitrogens with zero attached hydrogens (tertiary/aromatic N) is 3. The van der Waals surface area contributed by atoms with E-state index >= 15 is 0 Å². The second kappa shape index (κ2) is 7.54. The summed E-state index contributed by atoms with van der Waals surface area (Å²) >= 11 is 0. The van der Waals surface area contributed by atoms with Gasteiger partial charge in [-0.1, -0.05) is 32.0 Å². The zero-order valence-corrected chi connectivity index (χ0v) is 16.7. The van der Waals surface area contributed by atoms with Crippen LogP contribution in [-0.4, -0.2) is 71.1 Å². The van der Waals surface area contributed by atoms with E-state index in [-0.39, 0.29) is 17.2 Å². The first-order valence-electron chi connectivity index (χ1n) is 10.2. The molecular weight excluding hydrogens is 354 g/mol. The van der Waals surface area contributed by atoms with Gasteiger partial charge < -0.3 is 15.1 Å². The maximum atomic E-state index is 13.2. The van der Waals surface area contributed by atoms with Gasteiger partial charge in [0.15, 0.2) is 5.69 Å². The van der Waals surface area contributed by atoms with Crippen molar-refractivity contribution >= 4 is 22.7 Å². The van der Waals surface area contributed by atoms with E-state index in [1.807, 2.05) is 34.1 Å². The second-order valence-corrected chi connectivity index (χ2v) is 8.47. The van der Waals surface area contributed by atoms with E-state index in [1.54, 1.807) is 0 Å². The number of piperidine rings is 1. The molecule has 0 bridgehead atoms. The van der Waals surface area contributed by atoms with Crippen LogP contribution in [0.25, 0.3) is 10.9 Å². The molecular formula is C21H29N5O2. The Labute approximate surface area is 165 Å². The number of hydrogen-bond donors (Lipinski definition) is 2. The molecule has 1 aromatic carbocycles. The lowest BCUT2D eigenvalue weighted by Crippen LogP contribution is -2.55. The van der Waals surface area contributed by atoms with E-state index in [4.69, 9.17) is 0 Å². The smallest absolute Gasteiger partial charge is 0.275 e. The molecule has 2 aliphatic heterocycles. The molecule has 0 spiro atoms. The standard InChI is InChI=1S/C21H29N5O2/c1-21(2,15-6-5-9-22-14-15)20(28)26-12-10-25(11-13-26)19(27)18-16-7-3-4-8-17(16)23-24-18/h3-4,7-8,15,22H,5-6,9-14H2,1-2H3,(H,23,24). The molecule has 7 heteroatoms. The Bertz CT molecular complexity index is 861. The average molecular weight is 383 g/mol. The molecule has 3 heterocycles. The number of hydrogen-bond acceptors (Lipinski definition) is 4. The molecule has 0 aliphatic carbocycles. The van der Waals surface area contributed by atoms with Crippen LogP contribution in [0, 0.1) is 11.3 Å². The highest BCUT2D eigenvalue weighted by atomic mass is 16.2. The van der Waals surface area contributed by atoms with Gasteiger partial charge in [0.25, 0.3) is 5.91 Å². The lowest BCUT2D eigenvalue weighted by Gasteiger charge is -2.42. The van der Waals surface area contributed by atoms with Crippen LogP contribution >= 0.6 is 0 Å². The zero-order valence-electron chi connectivity index (χ0n) is 16.7. The second-order valence-electron chi connectivity index (χ2n) is 8.47. The predicted octanol–water partition coefficient (Wildman–Crippen LogP) is 1.87. The highest BCUT2D eigenvalue weighted by Crippen LogP contribution is 2.34. The number of carbonyl (C=O) groups excluding carboxylic acids is 2. The number of carbonyl (C=O) groups is 2. The number of piperazine rings is 1. The molecule has 0 radical (unpaired) electrons. The highest BCUT2D eigenvalue weighted by molar-refractivity contribution is 6.04. The lowest BCUT2D eigenvalue weighted by molar-refractivity contribution is -0.145. The molecule has 2 aromatic rings. The number of H-pyrrole nitrogens is 1. The van der Waals surface area contributed by atoms with E-state index in [0.29, 0.717) is 37.8 Å². The summed E-state index contributed by atoms with van der Waals surface area (Å²) in [7, 11) is 0. The summed E-state index contributed by atoms with van der Waals surface area (Å²) in [6.07, 6.45) is 2.22. The van der Waals surface area contributed by atoms with E-state index in [1.165, 1.54) is 0 Å². The summed E-state index contributed by atoms with van der Waals surface area (Å²) in [4.78, 5) is 29.8. The van der Waals surface area contributed by atoms with Crippen molar-refractivity contribution in [2.75, 3.05) is 39.3 Å². The van der Waals surface area contributed by atoms with Crippen LogP contribution in [0.3, 0.4) is 0 Å². The van der Waals surface area contributed by atoms with Gasteiger partial charge in [-0.05, 0) is 37.9 Å². The molecule has 4 rings (SSSR count). The third kappa shape index (κ3) is 3.39. The summed E-state index contributed by atoms with van der Waals surface area (Å²) in [5.74, 6) is 0.502. The van der Waals surface area contributed by atoms with Crippen molar-refractivity contribution < 1.29 is 9.59 Å². The predicted molar refractivity (Wildman–Crippen MR) is 108 cm³/mol. The first-order chi connectivity index (χ1) is 13.5. The van der Waals surface area contributed by atoms with Gasteiger partial charge in [0, 0.05) is 37.0 Å². The Morgan fingerprint density at radius 2 is 1.82 bits per heavy atom. The minimum atomic E-state index is -0.377. The van der Waals surface area contributed by atoms with Gasteiger partial charge in [-0.25, -0.2) is 0 Å². The maximum absolute atomic E-state index is 13.2. The van der Waals surface area contributed by atoms with Crippen molar-refractivity contribution in [1.29, 1.82) is 0 Å². The lowest BCUT2D eigenvalue weighted by atomic mass is 9.74. The number of fused-ring (bicyclic) bond motifs is 1. The van der Waals surface area contributed by atoms with Crippen molar-refractivity contribution in [2.45, 2.75) is 26.7 Å². The Morgan fingerprint density at radius 1 is 1.11 bits per heavy atom. The summed E-state index contributed by atoms with van der Waals surface area (Å²) in [5, 5.41) is 11.4. The maximum Gasteiger partial charge on any atom is 0.275 e. The van der Waals surface area contributed by atoms with Crippen molar-refractivity contribution in [1.82, 2.24) is 25.3 Å².